The SMILES string of the molecule is Cn1nnnc1Nc1cccc(C(=O)O)c1. The van der Waals surface area contributed by atoms with Crippen LogP contribution in [0.25, 0.3) is 0 Å². The number of benzene rings is 1. The van der Waals surface area contributed by atoms with Gasteiger partial charge in [0.15, 0.2) is 0 Å². The lowest BCUT2D eigenvalue weighted by Crippen LogP contribution is -2.02. The third-order valence-electron chi connectivity index (χ3n) is 1.99. The first-order valence-corrected chi connectivity index (χ1v) is 4.49. The van der Waals surface area contributed by atoms with Gasteiger partial charge in [0.25, 0.3) is 0 Å². The van der Waals surface area contributed by atoms with Gasteiger partial charge in [-0.25, -0.2) is 9.48 Å². The quantitative estimate of drug-likeness (QED) is 0.787. The lowest BCUT2D eigenvalue weighted by atomic mass is 10.2. The molecule has 0 spiro atoms. The van der Waals surface area contributed by atoms with E-state index in [1.54, 1.807) is 19.2 Å². The van der Waals surface area contributed by atoms with E-state index in [2.05, 4.69) is 20.8 Å². The molecular formula is C9H9N5O2. The molecule has 1 aromatic heterocycles. The van der Waals surface area contributed by atoms with E-state index >= 15 is 0 Å². The highest BCUT2D eigenvalue weighted by atomic mass is 16.4. The number of aryl methyl sites for hydroxylation is 1. The molecule has 0 radical (unpaired) electrons. The van der Waals surface area contributed by atoms with Gasteiger partial charge in [-0.15, -0.1) is 0 Å². The molecule has 0 saturated carbocycles. The van der Waals surface area contributed by atoms with E-state index in [0.29, 0.717) is 11.6 Å². The lowest BCUT2D eigenvalue weighted by molar-refractivity contribution is 0.0697. The molecule has 7 heteroatoms. The molecule has 0 fully saturated rings. The van der Waals surface area contributed by atoms with Crippen LogP contribution < -0.4 is 5.32 Å². The van der Waals surface area contributed by atoms with Crippen LogP contribution in [-0.2, 0) is 7.05 Å². The number of anilines is 2. The first-order valence-electron chi connectivity index (χ1n) is 4.49. The van der Waals surface area contributed by atoms with Gasteiger partial charge < -0.3 is 10.4 Å². The van der Waals surface area contributed by atoms with Crippen molar-refractivity contribution >= 4 is 17.6 Å². The number of hydrogen-bond acceptors (Lipinski definition) is 5. The third kappa shape index (κ3) is 1.97. The normalized spacial score (nSPS) is 10.1. The number of carboxylic acids is 1. The molecule has 82 valence electrons. The number of tetrazole rings is 1. The molecule has 7 nitrogen and oxygen atoms in total. The van der Waals surface area contributed by atoms with Gasteiger partial charge in [-0.2, -0.15) is 0 Å². The highest BCUT2D eigenvalue weighted by molar-refractivity contribution is 5.88. The monoisotopic (exact) mass is 219 g/mol. The Morgan fingerprint density at radius 3 is 2.94 bits per heavy atom. The highest BCUT2D eigenvalue weighted by Crippen LogP contribution is 2.14. The maximum atomic E-state index is 10.7. The summed E-state index contributed by atoms with van der Waals surface area (Å²) in [6.45, 7) is 0. The number of rotatable bonds is 3. The topological polar surface area (TPSA) is 92.9 Å². The van der Waals surface area contributed by atoms with Crippen LogP contribution in [0.5, 0.6) is 0 Å². The smallest absolute Gasteiger partial charge is 0.335 e. The molecule has 0 aliphatic carbocycles. The largest absolute Gasteiger partial charge is 0.478 e. The van der Waals surface area contributed by atoms with Crippen LogP contribution in [0.15, 0.2) is 24.3 Å². The fraction of sp³-hybridized carbons (Fsp3) is 0.111. The minimum Gasteiger partial charge on any atom is -0.478 e. The van der Waals surface area contributed by atoms with Crippen molar-refractivity contribution in [2.75, 3.05) is 5.32 Å². The average molecular weight is 219 g/mol. The van der Waals surface area contributed by atoms with E-state index in [0.717, 1.165) is 0 Å². The molecule has 2 aromatic rings. The van der Waals surface area contributed by atoms with E-state index in [4.69, 9.17) is 5.11 Å². The van der Waals surface area contributed by atoms with Crippen molar-refractivity contribution in [1.82, 2.24) is 20.2 Å². The zero-order valence-electron chi connectivity index (χ0n) is 8.45. The zero-order chi connectivity index (χ0) is 11.5. The van der Waals surface area contributed by atoms with E-state index < -0.39 is 5.97 Å². The van der Waals surface area contributed by atoms with Gasteiger partial charge in [0, 0.05) is 12.7 Å². The van der Waals surface area contributed by atoms with Gasteiger partial charge >= 0.3 is 5.97 Å². The Labute approximate surface area is 90.7 Å². The Morgan fingerprint density at radius 1 is 1.50 bits per heavy atom. The number of hydrogen-bond donors (Lipinski definition) is 2. The van der Waals surface area contributed by atoms with Crippen molar-refractivity contribution in [3.05, 3.63) is 29.8 Å². The van der Waals surface area contributed by atoms with Crippen molar-refractivity contribution in [2.45, 2.75) is 0 Å². The van der Waals surface area contributed by atoms with E-state index in [1.807, 2.05) is 0 Å². The second-order valence-electron chi connectivity index (χ2n) is 3.14. The Morgan fingerprint density at radius 2 is 2.31 bits per heavy atom. The molecular weight excluding hydrogens is 210 g/mol. The first kappa shape index (κ1) is 10.1. The van der Waals surface area contributed by atoms with Crippen molar-refractivity contribution < 1.29 is 9.90 Å². The molecule has 0 saturated heterocycles. The summed E-state index contributed by atoms with van der Waals surface area (Å²) in [6.07, 6.45) is 0. The molecule has 0 amide bonds. The number of aromatic carboxylic acids is 1. The Balaban J connectivity index is 2.25. The van der Waals surface area contributed by atoms with Crippen molar-refractivity contribution in [2.24, 2.45) is 7.05 Å². The van der Waals surface area contributed by atoms with Gasteiger partial charge in [0.05, 0.1) is 5.56 Å². The molecule has 1 aromatic carbocycles. The fourth-order valence-electron chi connectivity index (χ4n) is 1.19. The van der Waals surface area contributed by atoms with Crippen molar-refractivity contribution in [1.29, 1.82) is 0 Å². The minimum absolute atomic E-state index is 0.208. The molecule has 0 aliphatic heterocycles. The van der Waals surface area contributed by atoms with E-state index in [-0.39, 0.29) is 5.56 Å². The summed E-state index contributed by atoms with van der Waals surface area (Å²) in [6, 6.07) is 6.41. The van der Waals surface area contributed by atoms with Gasteiger partial charge in [0.2, 0.25) is 5.95 Å². The van der Waals surface area contributed by atoms with Crippen LogP contribution in [0, 0.1) is 0 Å². The summed E-state index contributed by atoms with van der Waals surface area (Å²) in [5, 5.41) is 22.6. The molecule has 0 aliphatic rings. The van der Waals surface area contributed by atoms with Crippen LogP contribution in [0.1, 0.15) is 10.4 Å². The minimum atomic E-state index is -0.972. The predicted molar refractivity (Wildman–Crippen MR) is 55.5 cm³/mol. The molecule has 1 heterocycles. The second-order valence-corrected chi connectivity index (χ2v) is 3.14. The molecule has 2 rings (SSSR count). The maximum absolute atomic E-state index is 10.7. The van der Waals surface area contributed by atoms with Gasteiger partial charge in [-0.1, -0.05) is 11.2 Å². The highest BCUT2D eigenvalue weighted by Gasteiger charge is 2.05. The van der Waals surface area contributed by atoms with Crippen molar-refractivity contribution in [3.63, 3.8) is 0 Å². The van der Waals surface area contributed by atoms with Crippen molar-refractivity contribution in [3.8, 4) is 0 Å². The van der Waals surface area contributed by atoms with Crippen LogP contribution in [0.3, 0.4) is 0 Å². The fourth-order valence-corrected chi connectivity index (χ4v) is 1.19. The standard InChI is InChI=1S/C9H9N5O2/c1-14-9(11-12-13-14)10-7-4-2-3-6(5-7)8(15)16/h2-5H,1H3,(H,15,16)(H,10,11,13). The summed E-state index contributed by atoms with van der Waals surface area (Å²) < 4.78 is 1.45. The lowest BCUT2D eigenvalue weighted by Gasteiger charge is -2.04. The van der Waals surface area contributed by atoms with E-state index in [1.165, 1.54) is 16.8 Å². The van der Waals surface area contributed by atoms with Gasteiger partial charge in [-0.05, 0) is 28.6 Å². The average Bonchev–Trinajstić information content (AvgIpc) is 2.65. The second kappa shape index (κ2) is 3.97. The molecule has 2 N–H and O–H groups in total. The summed E-state index contributed by atoms with van der Waals surface area (Å²) in [7, 11) is 1.68. The summed E-state index contributed by atoms with van der Waals surface area (Å²) in [5.41, 5.74) is 0.831. The molecule has 16 heavy (non-hydrogen) atoms. The van der Waals surface area contributed by atoms with Crippen LogP contribution in [-0.4, -0.2) is 31.3 Å². The number of carbonyl (C=O) groups is 1. The number of nitrogens with zero attached hydrogens (tertiary/aromatic N) is 4. The Bertz CT molecular complexity index is 522. The van der Waals surface area contributed by atoms with Crippen LogP contribution in [0.4, 0.5) is 11.6 Å². The number of nitrogens with one attached hydrogen (secondary N) is 1. The number of carboxylic acid groups (broad SMARTS) is 1. The summed E-state index contributed by atoms with van der Waals surface area (Å²) >= 11 is 0. The third-order valence-corrected chi connectivity index (χ3v) is 1.99. The molecule has 0 unspecified atom stereocenters. The Hall–Kier alpha value is -2.44. The number of aromatic nitrogens is 4. The van der Waals surface area contributed by atoms with Crippen LogP contribution in [0.2, 0.25) is 0 Å². The summed E-state index contributed by atoms with van der Waals surface area (Å²) in [5.74, 6) is -0.526. The van der Waals surface area contributed by atoms with Crippen LogP contribution >= 0.6 is 0 Å². The molecule has 0 bridgehead atoms. The first-order chi connectivity index (χ1) is 7.66. The predicted octanol–water partition coefficient (Wildman–Crippen LogP) is 0.652. The van der Waals surface area contributed by atoms with Gasteiger partial charge in [0.1, 0.15) is 0 Å². The van der Waals surface area contributed by atoms with E-state index in [9.17, 15) is 4.79 Å². The Kier molecular flexibility index (Phi) is 2.50. The van der Waals surface area contributed by atoms with Gasteiger partial charge in [-0.3, -0.25) is 0 Å². The maximum Gasteiger partial charge on any atom is 0.335 e. The zero-order valence-corrected chi connectivity index (χ0v) is 8.45. The summed E-state index contributed by atoms with van der Waals surface area (Å²) in [4.78, 5) is 10.7. The molecule has 0 atom stereocenters.